The van der Waals surface area contributed by atoms with Crippen LogP contribution in [-0.4, -0.2) is 19.6 Å². The minimum atomic E-state index is -0.0578. The standard InChI is InChI=1S/C25H23BrN4OS/c1-16-14-21(17(2)30(16)19-10-8-18(26)9-11-19)24-23(22-7-3-4-12-27-22)28-25(32)29(24)15-20-6-5-13-31-20/h3-14,23-24H,15H2,1-2H3,(H,28,32)/t23-,24-/m0/s1. The van der Waals surface area contributed by atoms with Crippen LogP contribution in [0.5, 0.6) is 0 Å². The minimum absolute atomic E-state index is 0.0158. The summed E-state index contributed by atoms with van der Waals surface area (Å²) in [6, 6.07) is 20.5. The van der Waals surface area contributed by atoms with Gasteiger partial charge in [-0.1, -0.05) is 22.0 Å². The van der Waals surface area contributed by atoms with E-state index in [1.807, 2.05) is 30.5 Å². The quantitative estimate of drug-likeness (QED) is 0.335. The number of thiocarbonyl (C=S) groups is 1. The predicted octanol–water partition coefficient (Wildman–Crippen LogP) is 6.02. The van der Waals surface area contributed by atoms with Crippen molar-refractivity contribution in [3.63, 3.8) is 0 Å². The largest absolute Gasteiger partial charge is 0.467 e. The van der Waals surface area contributed by atoms with Crippen molar-refractivity contribution in [2.24, 2.45) is 0 Å². The number of hydrogen-bond acceptors (Lipinski definition) is 3. The van der Waals surface area contributed by atoms with E-state index >= 15 is 0 Å². The Morgan fingerprint density at radius 1 is 1.09 bits per heavy atom. The van der Waals surface area contributed by atoms with E-state index in [1.165, 1.54) is 17.0 Å². The molecule has 1 saturated heterocycles. The van der Waals surface area contributed by atoms with Gasteiger partial charge in [0.1, 0.15) is 5.76 Å². The van der Waals surface area contributed by atoms with Crippen LogP contribution in [0.3, 0.4) is 0 Å². The van der Waals surface area contributed by atoms with Crippen LogP contribution in [0, 0.1) is 13.8 Å². The number of halogens is 1. The number of hydrogen-bond donors (Lipinski definition) is 1. The van der Waals surface area contributed by atoms with Crippen LogP contribution in [0.4, 0.5) is 0 Å². The summed E-state index contributed by atoms with van der Waals surface area (Å²) >= 11 is 9.33. The third-order valence-electron chi connectivity index (χ3n) is 5.98. The Kier molecular flexibility index (Phi) is 5.61. The van der Waals surface area contributed by atoms with Gasteiger partial charge in [0.05, 0.1) is 30.6 Å². The molecule has 5 rings (SSSR count). The SMILES string of the molecule is Cc1cc([C@H]2[C@H](c3ccccn3)NC(=S)N2Cc2ccco2)c(C)n1-c1ccc(Br)cc1. The van der Waals surface area contributed by atoms with Crippen LogP contribution in [0.15, 0.2) is 82.0 Å². The van der Waals surface area contributed by atoms with Crippen LogP contribution in [0.2, 0.25) is 0 Å². The summed E-state index contributed by atoms with van der Waals surface area (Å²) in [6.07, 6.45) is 3.53. The van der Waals surface area contributed by atoms with Crippen molar-refractivity contribution >= 4 is 33.3 Å². The molecule has 0 radical (unpaired) electrons. The van der Waals surface area contributed by atoms with Gasteiger partial charge in [-0.15, -0.1) is 0 Å². The first-order chi connectivity index (χ1) is 15.5. The highest BCUT2D eigenvalue weighted by Gasteiger charge is 2.41. The first kappa shape index (κ1) is 21.0. The van der Waals surface area contributed by atoms with Crippen LogP contribution in [-0.2, 0) is 6.54 Å². The summed E-state index contributed by atoms with van der Waals surface area (Å²) in [5.41, 5.74) is 5.69. The van der Waals surface area contributed by atoms with Gasteiger partial charge in [-0.05, 0) is 86.2 Å². The average molecular weight is 507 g/mol. The molecule has 0 saturated carbocycles. The Hall–Kier alpha value is -2.90. The maximum atomic E-state index is 5.79. The van der Waals surface area contributed by atoms with E-state index in [4.69, 9.17) is 16.6 Å². The lowest BCUT2D eigenvalue weighted by atomic mass is 9.96. The molecule has 0 bridgehead atoms. The fourth-order valence-electron chi connectivity index (χ4n) is 4.56. The van der Waals surface area contributed by atoms with Gasteiger partial charge >= 0.3 is 0 Å². The molecule has 32 heavy (non-hydrogen) atoms. The van der Waals surface area contributed by atoms with Crippen molar-refractivity contribution in [3.05, 3.63) is 106 Å². The van der Waals surface area contributed by atoms with E-state index in [9.17, 15) is 0 Å². The highest BCUT2D eigenvalue weighted by Crippen LogP contribution is 2.42. The highest BCUT2D eigenvalue weighted by molar-refractivity contribution is 9.10. The molecule has 1 N–H and O–H groups in total. The molecule has 0 unspecified atom stereocenters. The number of nitrogens with zero attached hydrogens (tertiary/aromatic N) is 3. The topological polar surface area (TPSA) is 46.2 Å². The second-order valence-electron chi connectivity index (χ2n) is 7.97. The lowest BCUT2D eigenvalue weighted by Gasteiger charge is -2.27. The molecule has 2 atom stereocenters. The van der Waals surface area contributed by atoms with Crippen molar-refractivity contribution in [1.29, 1.82) is 0 Å². The second-order valence-corrected chi connectivity index (χ2v) is 9.27. The molecule has 4 heterocycles. The van der Waals surface area contributed by atoms with Gasteiger partial charge in [0.15, 0.2) is 5.11 Å². The Bertz CT molecular complexity index is 1240. The zero-order valence-corrected chi connectivity index (χ0v) is 20.2. The molecule has 7 heteroatoms. The first-order valence-corrected chi connectivity index (χ1v) is 11.7. The number of furan rings is 1. The molecular weight excluding hydrogens is 484 g/mol. The highest BCUT2D eigenvalue weighted by atomic mass is 79.9. The molecule has 5 nitrogen and oxygen atoms in total. The number of rotatable bonds is 5. The maximum absolute atomic E-state index is 5.79. The van der Waals surface area contributed by atoms with Gasteiger partial charge in [-0.25, -0.2) is 0 Å². The lowest BCUT2D eigenvalue weighted by molar-refractivity contribution is 0.286. The maximum Gasteiger partial charge on any atom is 0.170 e. The molecule has 1 aliphatic heterocycles. The third-order valence-corrected chi connectivity index (χ3v) is 6.86. The first-order valence-electron chi connectivity index (χ1n) is 10.5. The van der Waals surface area contributed by atoms with Gasteiger partial charge in [-0.3, -0.25) is 4.98 Å². The molecule has 162 valence electrons. The van der Waals surface area contributed by atoms with Crippen LogP contribution >= 0.6 is 28.1 Å². The monoisotopic (exact) mass is 506 g/mol. The number of pyridine rings is 1. The molecular formula is C25H23BrN4OS. The number of benzene rings is 1. The molecule has 1 fully saturated rings. The molecule has 3 aromatic heterocycles. The van der Waals surface area contributed by atoms with Crippen molar-refractivity contribution in [3.8, 4) is 5.69 Å². The fraction of sp³-hybridized carbons (Fsp3) is 0.200. The Balaban J connectivity index is 1.62. The smallest absolute Gasteiger partial charge is 0.170 e. The van der Waals surface area contributed by atoms with E-state index in [2.05, 4.69) is 85.9 Å². The molecule has 1 aromatic carbocycles. The zero-order chi connectivity index (χ0) is 22.2. The summed E-state index contributed by atoms with van der Waals surface area (Å²) in [5.74, 6) is 0.877. The van der Waals surface area contributed by atoms with Gasteiger partial charge in [0, 0.05) is 27.7 Å². The van der Waals surface area contributed by atoms with Gasteiger partial charge in [0.25, 0.3) is 0 Å². The number of aryl methyl sites for hydroxylation is 1. The van der Waals surface area contributed by atoms with Gasteiger partial charge < -0.3 is 19.2 Å². The fourth-order valence-corrected chi connectivity index (χ4v) is 5.13. The zero-order valence-electron chi connectivity index (χ0n) is 17.8. The lowest BCUT2D eigenvalue weighted by Crippen LogP contribution is -2.29. The van der Waals surface area contributed by atoms with E-state index in [1.54, 1.807) is 6.26 Å². The molecule has 1 aliphatic rings. The molecule has 0 spiro atoms. The van der Waals surface area contributed by atoms with Crippen LogP contribution in [0.25, 0.3) is 5.69 Å². The summed E-state index contributed by atoms with van der Waals surface area (Å²) in [5, 5.41) is 4.23. The Morgan fingerprint density at radius 3 is 2.59 bits per heavy atom. The van der Waals surface area contributed by atoms with Crippen molar-refractivity contribution in [2.45, 2.75) is 32.5 Å². The predicted molar refractivity (Wildman–Crippen MR) is 133 cm³/mol. The van der Waals surface area contributed by atoms with Crippen LogP contribution < -0.4 is 5.32 Å². The van der Waals surface area contributed by atoms with E-state index in [0.717, 1.165) is 21.6 Å². The normalized spacial score (nSPS) is 18.2. The Morgan fingerprint density at radius 2 is 1.91 bits per heavy atom. The van der Waals surface area contributed by atoms with Crippen molar-refractivity contribution in [2.75, 3.05) is 0 Å². The van der Waals surface area contributed by atoms with E-state index in [-0.39, 0.29) is 12.1 Å². The van der Waals surface area contributed by atoms with E-state index < -0.39 is 0 Å². The van der Waals surface area contributed by atoms with Crippen molar-refractivity contribution < 1.29 is 4.42 Å². The van der Waals surface area contributed by atoms with Crippen LogP contribution in [0.1, 0.15) is 40.5 Å². The average Bonchev–Trinajstić information content (AvgIpc) is 3.49. The van der Waals surface area contributed by atoms with Gasteiger partial charge in [0.2, 0.25) is 0 Å². The summed E-state index contributed by atoms with van der Waals surface area (Å²) in [6.45, 7) is 4.91. The number of aromatic nitrogens is 2. The Labute approximate surface area is 201 Å². The number of nitrogens with one attached hydrogen (secondary N) is 1. The summed E-state index contributed by atoms with van der Waals surface area (Å²) in [7, 11) is 0. The summed E-state index contributed by atoms with van der Waals surface area (Å²) < 4.78 is 9.01. The third kappa shape index (κ3) is 3.76. The minimum Gasteiger partial charge on any atom is -0.467 e. The van der Waals surface area contributed by atoms with E-state index in [0.29, 0.717) is 11.7 Å². The van der Waals surface area contributed by atoms with Gasteiger partial charge in [-0.2, -0.15) is 0 Å². The second kappa shape index (κ2) is 8.56. The molecule has 4 aromatic rings. The summed E-state index contributed by atoms with van der Waals surface area (Å²) in [4.78, 5) is 6.85. The van der Waals surface area contributed by atoms with Crippen molar-refractivity contribution in [1.82, 2.24) is 19.8 Å². The molecule has 0 amide bonds. The molecule has 0 aliphatic carbocycles.